The number of nitrogens with zero attached hydrogens (tertiary/aromatic N) is 3. The summed E-state index contributed by atoms with van der Waals surface area (Å²) in [6.07, 6.45) is 0. The molecule has 6 heteroatoms. The minimum absolute atomic E-state index is 0.461. The second-order valence-electron chi connectivity index (χ2n) is 4.75. The number of thiazole rings is 1. The summed E-state index contributed by atoms with van der Waals surface area (Å²) >= 11 is 7.23. The second kappa shape index (κ2) is 6.25. The van der Waals surface area contributed by atoms with Gasteiger partial charge in [-0.1, -0.05) is 47.2 Å². The van der Waals surface area contributed by atoms with Gasteiger partial charge in [-0.25, -0.2) is 4.98 Å². The largest absolute Gasteiger partial charge is 0.375 e. The highest BCUT2D eigenvalue weighted by Gasteiger charge is 2.11. The van der Waals surface area contributed by atoms with E-state index in [2.05, 4.69) is 15.2 Å². The van der Waals surface area contributed by atoms with Crippen molar-refractivity contribution in [3.8, 4) is 11.3 Å². The molecule has 0 aliphatic carbocycles. The minimum atomic E-state index is 0.461. The second-order valence-corrected chi connectivity index (χ2v) is 6.20. The molecule has 0 radical (unpaired) electrons. The maximum atomic E-state index is 5.92. The Morgan fingerprint density at radius 3 is 2.59 bits per heavy atom. The smallest absolute Gasteiger partial charge is 0.182 e. The summed E-state index contributed by atoms with van der Waals surface area (Å²) in [5.74, 6) is 0. The number of benzene rings is 2. The van der Waals surface area contributed by atoms with Crippen LogP contribution in [-0.2, 0) is 0 Å². The van der Waals surface area contributed by atoms with E-state index in [-0.39, 0.29) is 0 Å². The highest BCUT2D eigenvalue weighted by molar-refractivity contribution is 7.19. The summed E-state index contributed by atoms with van der Waals surface area (Å²) < 4.78 is 0. The summed E-state index contributed by atoms with van der Waals surface area (Å²) in [5, 5.41) is 10.4. The van der Waals surface area contributed by atoms with Crippen LogP contribution in [0.5, 0.6) is 0 Å². The third-order valence-electron chi connectivity index (χ3n) is 3.00. The Bertz CT molecular complexity index is 824. The number of hydrogen-bond donors (Lipinski definition) is 1. The van der Waals surface area contributed by atoms with E-state index < -0.39 is 0 Å². The van der Waals surface area contributed by atoms with Crippen molar-refractivity contribution in [1.29, 1.82) is 0 Å². The van der Waals surface area contributed by atoms with E-state index in [9.17, 15) is 0 Å². The van der Waals surface area contributed by atoms with E-state index >= 15 is 0 Å². The van der Waals surface area contributed by atoms with E-state index in [0.29, 0.717) is 15.2 Å². The molecule has 2 N–H and O–H groups in total. The number of nitrogens with two attached hydrogens (primary N) is 1. The van der Waals surface area contributed by atoms with Crippen LogP contribution in [0.1, 0.15) is 5.56 Å². The van der Waals surface area contributed by atoms with Crippen LogP contribution in [0.3, 0.4) is 0 Å². The van der Waals surface area contributed by atoms with Crippen molar-refractivity contribution in [1.82, 2.24) is 4.98 Å². The average Bonchev–Trinajstić information content (AvgIpc) is 2.87. The molecule has 0 atom stereocenters. The van der Waals surface area contributed by atoms with E-state index in [0.717, 1.165) is 22.5 Å². The lowest BCUT2D eigenvalue weighted by atomic mass is 10.2. The van der Waals surface area contributed by atoms with E-state index in [1.165, 1.54) is 11.3 Å². The predicted molar refractivity (Wildman–Crippen MR) is 92.3 cm³/mol. The van der Waals surface area contributed by atoms with Gasteiger partial charge in [0.1, 0.15) is 5.69 Å². The molecule has 4 nitrogen and oxygen atoms in total. The molecule has 0 saturated carbocycles. The van der Waals surface area contributed by atoms with Gasteiger partial charge in [-0.3, -0.25) is 0 Å². The van der Waals surface area contributed by atoms with Gasteiger partial charge in [-0.15, -0.1) is 10.2 Å². The number of anilines is 1. The van der Waals surface area contributed by atoms with E-state index in [4.69, 9.17) is 17.3 Å². The summed E-state index contributed by atoms with van der Waals surface area (Å²) in [4.78, 5) is 4.34. The molecule has 3 aromatic rings. The van der Waals surface area contributed by atoms with Gasteiger partial charge < -0.3 is 5.73 Å². The number of hydrogen-bond acceptors (Lipinski definition) is 5. The molecule has 0 spiro atoms. The van der Waals surface area contributed by atoms with Crippen LogP contribution in [0.4, 0.5) is 15.8 Å². The first-order chi connectivity index (χ1) is 10.6. The van der Waals surface area contributed by atoms with Crippen LogP contribution >= 0.6 is 22.9 Å². The highest BCUT2D eigenvalue weighted by atomic mass is 35.5. The first kappa shape index (κ1) is 14.7. The third kappa shape index (κ3) is 3.32. The normalized spacial score (nSPS) is 11.2. The number of aryl methyl sites for hydroxylation is 1. The molecular formula is C16H13ClN4S. The monoisotopic (exact) mass is 328 g/mol. The molecular weight excluding hydrogens is 316 g/mol. The molecule has 0 amide bonds. The van der Waals surface area contributed by atoms with Crippen LogP contribution in [0, 0.1) is 6.92 Å². The van der Waals surface area contributed by atoms with Crippen molar-refractivity contribution in [2.75, 3.05) is 5.73 Å². The predicted octanol–water partition coefficient (Wildman–Crippen LogP) is 5.77. The van der Waals surface area contributed by atoms with Crippen molar-refractivity contribution in [3.63, 3.8) is 0 Å². The zero-order valence-corrected chi connectivity index (χ0v) is 13.4. The van der Waals surface area contributed by atoms with Crippen LogP contribution < -0.4 is 5.73 Å². The van der Waals surface area contributed by atoms with Crippen LogP contribution in [0.2, 0.25) is 5.02 Å². The molecule has 1 heterocycles. The Kier molecular flexibility index (Phi) is 4.18. The quantitative estimate of drug-likeness (QED) is 0.620. The van der Waals surface area contributed by atoms with Crippen LogP contribution in [0.15, 0.2) is 58.8 Å². The average molecular weight is 329 g/mol. The third-order valence-corrected chi connectivity index (χ3v) is 4.02. The lowest BCUT2D eigenvalue weighted by molar-refractivity contribution is 1.24. The van der Waals surface area contributed by atoms with Gasteiger partial charge >= 0.3 is 0 Å². The van der Waals surface area contributed by atoms with Crippen LogP contribution in [0.25, 0.3) is 11.3 Å². The van der Waals surface area contributed by atoms with Gasteiger partial charge in [0.15, 0.2) is 10.1 Å². The highest BCUT2D eigenvalue weighted by Crippen LogP contribution is 2.38. The number of azo groups is 1. The molecule has 110 valence electrons. The van der Waals surface area contributed by atoms with Gasteiger partial charge in [-0.2, -0.15) is 0 Å². The topological polar surface area (TPSA) is 63.6 Å². The van der Waals surface area contributed by atoms with Gasteiger partial charge in [-0.05, 0) is 36.8 Å². The Morgan fingerprint density at radius 1 is 1.09 bits per heavy atom. The fraction of sp³-hybridized carbons (Fsp3) is 0.0625. The summed E-state index contributed by atoms with van der Waals surface area (Å²) in [5.41, 5.74) is 9.39. The van der Waals surface area contributed by atoms with Gasteiger partial charge in [0.25, 0.3) is 0 Å². The van der Waals surface area contributed by atoms with Crippen LogP contribution in [-0.4, -0.2) is 4.98 Å². The van der Waals surface area contributed by atoms with Gasteiger partial charge in [0.2, 0.25) is 0 Å². The number of halogens is 1. The van der Waals surface area contributed by atoms with Crippen molar-refractivity contribution in [2.24, 2.45) is 10.2 Å². The number of aromatic nitrogens is 1. The van der Waals surface area contributed by atoms with Gasteiger partial charge in [0.05, 0.1) is 5.69 Å². The van der Waals surface area contributed by atoms with E-state index in [1.807, 2.05) is 55.5 Å². The Labute approximate surface area is 137 Å². The fourth-order valence-electron chi connectivity index (χ4n) is 1.99. The Morgan fingerprint density at radius 2 is 1.86 bits per heavy atom. The lowest BCUT2D eigenvalue weighted by Gasteiger charge is -1.98. The molecule has 0 aliphatic heterocycles. The summed E-state index contributed by atoms with van der Waals surface area (Å²) in [6, 6.07) is 15.2. The molecule has 0 saturated heterocycles. The standard InChI is InChI=1S/C16H13ClN4S/c1-10-3-2-4-13(9-10)20-21-15-14(19-16(18)22-15)11-5-7-12(17)8-6-11/h2-9H,1H3,(H2,18,19). The number of nitrogen functional groups attached to an aromatic ring is 1. The molecule has 2 aromatic carbocycles. The minimum Gasteiger partial charge on any atom is -0.375 e. The van der Waals surface area contributed by atoms with Crippen molar-refractivity contribution in [2.45, 2.75) is 6.92 Å². The van der Waals surface area contributed by atoms with E-state index in [1.54, 1.807) is 0 Å². The zero-order chi connectivity index (χ0) is 15.5. The summed E-state index contributed by atoms with van der Waals surface area (Å²) in [6.45, 7) is 2.02. The first-order valence-electron chi connectivity index (χ1n) is 6.62. The maximum absolute atomic E-state index is 5.92. The van der Waals surface area contributed by atoms with Gasteiger partial charge in [0, 0.05) is 10.6 Å². The van der Waals surface area contributed by atoms with Crippen molar-refractivity contribution in [3.05, 3.63) is 59.1 Å². The van der Waals surface area contributed by atoms with Crippen molar-refractivity contribution < 1.29 is 0 Å². The number of rotatable bonds is 3. The molecule has 0 bridgehead atoms. The Balaban J connectivity index is 1.96. The SMILES string of the molecule is Cc1cccc(N=Nc2sc(N)nc2-c2ccc(Cl)cc2)c1. The van der Waals surface area contributed by atoms with Crippen molar-refractivity contribution >= 4 is 38.8 Å². The fourth-order valence-corrected chi connectivity index (χ4v) is 2.79. The molecule has 0 fully saturated rings. The molecule has 0 unspecified atom stereocenters. The zero-order valence-electron chi connectivity index (χ0n) is 11.8. The molecule has 3 rings (SSSR count). The molecule has 22 heavy (non-hydrogen) atoms. The first-order valence-corrected chi connectivity index (χ1v) is 7.82. The maximum Gasteiger partial charge on any atom is 0.182 e. The molecule has 1 aromatic heterocycles. The lowest BCUT2D eigenvalue weighted by Crippen LogP contribution is -1.82. The summed E-state index contributed by atoms with van der Waals surface area (Å²) in [7, 11) is 0. The molecule has 0 aliphatic rings. The Hall–Kier alpha value is -2.24.